The number of guanidine groups is 1. The summed E-state index contributed by atoms with van der Waals surface area (Å²) in [5.74, 6) is -1.49. The second-order valence-electron chi connectivity index (χ2n) is 7.93. The lowest BCUT2D eigenvalue weighted by atomic mass is 9.83. The summed E-state index contributed by atoms with van der Waals surface area (Å²) < 4.78 is 27.1. The quantitative estimate of drug-likeness (QED) is 0.636. The summed E-state index contributed by atoms with van der Waals surface area (Å²) in [6, 6.07) is 8.07. The molecular formula is C22H17F2N7OS. The van der Waals surface area contributed by atoms with Gasteiger partial charge in [0, 0.05) is 18.5 Å². The summed E-state index contributed by atoms with van der Waals surface area (Å²) in [6.45, 7) is 0.560. The Bertz CT molecular complexity index is 1330. The number of nitriles is 1. The Morgan fingerprint density at radius 2 is 2.00 bits per heavy atom. The SMILES string of the molecule is CN1C(=O)[C@@H]2CN(c3ncc(F)cn3)C[C@]2(c2cc(-c3ccc(F)c(C#N)c3)cs2)N=C1N. The number of aromatic nitrogens is 2. The lowest BCUT2D eigenvalue weighted by Gasteiger charge is -2.36. The summed E-state index contributed by atoms with van der Waals surface area (Å²) in [6.07, 6.45) is 2.15. The lowest BCUT2D eigenvalue weighted by Crippen LogP contribution is -2.54. The first kappa shape index (κ1) is 21.0. The Labute approximate surface area is 191 Å². The number of hydrogen-bond donors (Lipinski definition) is 1. The van der Waals surface area contributed by atoms with Crippen LogP contribution in [0.1, 0.15) is 10.4 Å². The molecule has 1 saturated heterocycles. The number of anilines is 1. The molecule has 2 aromatic heterocycles. The summed E-state index contributed by atoms with van der Waals surface area (Å²) in [5.41, 5.74) is 6.53. The van der Waals surface area contributed by atoms with Crippen LogP contribution >= 0.6 is 11.3 Å². The highest BCUT2D eigenvalue weighted by Gasteiger charge is 2.56. The summed E-state index contributed by atoms with van der Waals surface area (Å²) >= 11 is 1.40. The fraction of sp³-hybridized carbons (Fsp3) is 0.227. The zero-order valence-corrected chi connectivity index (χ0v) is 18.2. The molecule has 3 aromatic rings. The number of aliphatic imine (C=N–C) groups is 1. The Balaban J connectivity index is 1.59. The van der Waals surface area contributed by atoms with Crippen LogP contribution in [0.3, 0.4) is 0 Å². The number of carbonyl (C=O) groups is 1. The van der Waals surface area contributed by atoms with Crippen LogP contribution in [-0.4, -0.2) is 46.9 Å². The van der Waals surface area contributed by atoms with Gasteiger partial charge in [0.15, 0.2) is 11.8 Å². The van der Waals surface area contributed by atoms with Gasteiger partial charge in [0.1, 0.15) is 17.4 Å². The van der Waals surface area contributed by atoms with Gasteiger partial charge in [0.05, 0.1) is 30.4 Å². The highest BCUT2D eigenvalue weighted by atomic mass is 32.1. The summed E-state index contributed by atoms with van der Waals surface area (Å²) in [4.78, 5) is 30.0. The first-order chi connectivity index (χ1) is 15.8. The first-order valence-electron chi connectivity index (χ1n) is 9.97. The van der Waals surface area contributed by atoms with Gasteiger partial charge in [-0.05, 0) is 34.7 Å². The zero-order chi connectivity index (χ0) is 23.3. The van der Waals surface area contributed by atoms with E-state index in [1.807, 2.05) is 17.5 Å². The monoisotopic (exact) mass is 465 g/mol. The highest BCUT2D eigenvalue weighted by Crippen LogP contribution is 2.47. The third-order valence-electron chi connectivity index (χ3n) is 6.03. The minimum absolute atomic E-state index is 0.0477. The molecule has 0 radical (unpaired) electrons. The largest absolute Gasteiger partial charge is 0.369 e. The number of halogens is 2. The Hall–Kier alpha value is -3.91. The molecule has 11 heteroatoms. The van der Waals surface area contributed by atoms with Crippen molar-refractivity contribution < 1.29 is 13.6 Å². The van der Waals surface area contributed by atoms with Crippen molar-refractivity contribution in [1.29, 1.82) is 5.26 Å². The van der Waals surface area contributed by atoms with Crippen LogP contribution in [0.25, 0.3) is 11.1 Å². The standard InChI is InChI=1S/C22H17F2N7OS/c1-30-19(32)16-9-31(21-27-7-15(23)8-28-21)11-22(16,29-20(30)26)18-5-14(10-33-18)12-2-3-17(24)13(4-12)6-25/h2-5,7-8,10,16H,9,11H2,1H3,(H2,26,29)/t16-,22-/m0/s1. The van der Waals surface area contributed by atoms with E-state index in [1.165, 1.54) is 28.4 Å². The molecule has 0 bridgehead atoms. The van der Waals surface area contributed by atoms with E-state index in [1.54, 1.807) is 18.0 Å². The fourth-order valence-electron chi connectivity index (χ4n) is 4.29. The molecule has 2 atom stereocenters. The number of benzene rings is 1. The third kappa shape index (κ3) is 3.30. The third-order valence-corrected chi connectivity index (χ3v) is 7.13. The Morgan fingerprint density at radius 3 is 2.73 bits per heavy atom. The van der Waals surface area contributed by atoms with E-state index < -0.39 is 23.1 Å². The van der Waals surface area contributed by atoms with Crippen molar-refractivity contribution in [3.63, 3.8) is 0 Å². The highest BCUT2D eigenvalue weighted by molar-refractivity contribution is 7.10. The molecule has 1 aromatic carbocycles. The van der Waals surface area contributed by atoms with E-state index in [9.17, 15) is 13.6 Å². The normalized spacial score (nSPS) is 22.2. The molecule has 2 aliphatic heterocycles. The molecule has 8 nitrogen and oxygen atoms in total. The van der Waals surface area contributed by atoms with Crippen molar-refractivity contribution in [2.24, 2.45) is 16.6 Å². The molecule has 2 N–H and O–H groups in total. The smallest absolute Gasteiger partial charge is 0.236 e. The van der Waals surface area contributed by atoms with E-state index >= 15 is 0 Å². The number of amides is 1. The number of nitrogens with zero attached hydrogens (tertiary/aromatic N) is 6. The number of carbonyl (C=O) groups excluding carboxylic acids is 1. The van der Waals surface area contributed by atoms with Gasteiger partial charge in [-0.25, -0.2) is 23.7 Å². The molecule has 1 fully saturated rings. The summed E-state index contributed by atoms with van der Waals surface area (Å²) in [7, 11) is 1.57. The van der Waals surface area contributed by atoms with Gasteiger partial charge in [0.25, 0.3) is 0 Å². The molecule has 0 saturated carbocycles. The second-order valence-corrected chi connectivity index (χ2v) is 8.84. The number of fused-ring (bicyclic) bond motifs is 1. The predicted molar refractivity (Wildman–Crippen MR) is 118 cm³/mol. The van der Waals surface area contributed by atoms with Crippen LogP contribution in [0.15, 0.2) is 47.0 Å². The van der Waals surface area contributed by atoms with Crippen molar-refractivity contribution in [3.8, 4) is 17.2 Å². The molecule has 0 aliphatic carbocycles. The average Bonchev–Trinajstić information content (AvgIpc) is 3.45. The van der Waals surface area contributed by atoms with Gasteiger partial charge in [-0.1, -0.05) is 6.07 Å². The maximum absolute atomic E-state index is 13.8. The lowest BCUT2D eigenvalue weighted by molar-refractivity contribution is -0.132. The molecule has 4 heterocycles. The number of hydrogen-bond acceptors (Lipinski definition) is 8. The van der Waals surface area contributed by atoms with Crippen molar-refractivity contribution >= 4 is 29.2 Å². The van der Waals surface area contributed by atoms with Gasteiger partial charge in [0.2, 0.25) is 11.9 Å². The maximum atomic E-state index is 13.8. The van der Waals surface area contributed by atoms with Crippen molar-refractivity contribution in [3.05, 3.63) is 64.1 Å². The van der Waals surface area contributed by atoms with Gasteiger partial charge in [-0.15, -0.1) is 11.3 Å². The van der Waals surface area contributed by atoms with Crippen LogP contribution in [0, 0.1) is 28.9 Å². The average molecular weight is 465 g/mol. The molecular weight excluding hydrogens is 448 g/mol. The minimum atomic E-state index is -0.980. The van der Waals surface area contributed by atoms with E-state index in [0.717, 1.165) is 22.8 Å². The van der Waals surface area contributed by atoms with Crippen LogP contribution in [0.2, 0.25) is 0 Å². The van der Waals surface area contributed by atoms with E-state index in [4.69, 9.17) is 16.0 Å². The Kier molecular flexibility index (Phi) is 4.83. The number of nitrogens with two attached hydrogens (primary N) is 1. The molecule has 33 heavy (non-hydrogen) atoms. The second kappa shape index (κ2) is 7.60. The molecule has 0 unspecified atom stereocenters. The van der Waals surface area contributed by atoms with Crippen molar-refractivity contribution in [1.82, 2.24) is 14.9 Å². The van der Waals surface area contributed by atoms with E-state index in [-0.39, 0.29) is 30.5 Å². The molecule has 0 spiro atoms. The molecule has 2 aliphatic rings. The van der Waals surface area contributed by atoms with E-state index in [2.05, 4.69) is 9.97 Å². The number of rotatable bonds is 3. The molecule has 1 amide bonds. The Morgan fingerprint density at radius 1 is 1.24 bits per heavy atom. The van der Waals surface area contributed by atoms with Crippen LogP contribution in [0.5, 0.6) is 0 Å². The zero-order valence-electron chi connectivity index (χ0n) is 17.4. The maximum Gasteiger partial charge on any atom is 0.236 e. The topological polar surface area (TPSA) is 112 Å². The van der Waals surface area contributed by atoms with Gasteiger partial charge in [-0.2, -0.15) is 5.26 Å². The van der Waals surface area contributed by atoms with Gasteiger partial charge < -0.3 is 10.6 Å². The van der Waals surface area contributed by atoms with Crippen LogP contribution in [0.4, 0.5) is 14.7 Å². The van der Waals surface area contributed by atoms with Gasteiger partial charge >= 0.3 is 0 Å². The molecule has 166 valence electrons. The van der Waals surface area contributed by atoms with Crippen molar-refractivity contribution in [2.75, 3.05) is 25.0 Å². The van der Waals surface area contributed by atoms with Crippen LogP contribution in [-0.2, 0) is 10.3 Å². The number of thiophene rings is 1. The minimum Gasteiger partial charge on any atom is -0.369 e. The predicted octanol–water partition coefficient (Wildman–Crippen LogP) is 2.47. The molecule has 5 rings (SSSR count). The fourth-order valence-corrected chi connectivity index (χ4v) is 5.40. The van der Waals surface area contributed by atoms with E-state index in [0.29, 0.717) is 11.5 Å². The van der Waals surface area contributed by atoms with Crippen molar-refractivity contribution in [2.45, 2.75) is 5.54 Å². The summed E-state index contributed by atoms with van der Waals surface area (Å²) in [5, 5.41) is 11.0. The first-order valence-corrected chi connectivity index (χ1v) is 10.8. The van der Waals surface area contributed by atoms with Gasteiger partial charge in [-0.3, -0.25) is 9.69 Å². The van der Waals surface area contributed by atoms with Crippen LogP contribution < -0.4 is 10.6 Å².